The maximum atomic E-state index is 4.62. The molecule has 16 heavy (non-hydrogen) atoms. The monoisotopic (exact) mass is 211 g/mol. The molecular weight excluding hydrogens is 198 g/mol. The molecule has 80 valence electrons. The van der Waals surface area contributed by atoms with Crippen LogP contribution in [0, 0.1) is 20.8 Å². The fourth-order valence-corrected chi connectivity index (χ4v) is 2.37. The predicted molar refractivity (Wildman–Crippen MR) is 64.7 cm³/mol. The number of fused-ring (bicyclic) bond motifs is 3. The lowest BCUT2D eigenvalue weighted by atomic mass is 10.2. The molecule has 3 heteroatoms. The van der Waals surface area contributed by atoms with Crippen molar-refractivity contribution in [3.63, 3.8) is 0 Å². The number of imidazole rings is 1. The van der Waals surface area contributed by atoms with Gasteiger partial charge in [0.1, 0.15) is 5.82 Å². The van der Waals surface area contributed by atoms with Crippen molar-refractivity contribution in [2.45, 2.75) is 20.8 Å². The van der Waals surface area contributed by atoms with Crippen molar-refractivity contribution in [1.82, 2.24) is 14.4 Å². The van der Waals surface area contributed by atoms with Crippen LogP contribution in [0.3, 0.4) is 0 Å². The molecule has 0 bridgehead atoms. The summed E-state index contributed by atoms with van der Waals surface area (Å²) in [6.07, 6.45) is 0. The second-order valence-corrected chi connectivity index (χ2v) is 4.11. The van der Waals surface area contributed by atoms with Gasteiger partial charge < -0.3 is 0 Å². The highest BCUT2D eigenvalue weighted by atomic mass is 15.0. The van der Waals surface area contributed by atoms with E-state index in [-0.39, 0.29) is 0 Å². The quantitative estimate of drug-likeness (QED) is 0.572. The molecule has 0 aliphatic heterocycles. The molecule has 3 nitrogen and oxygen atoms in total. The number of hydrogen-bond acceptors (Lipinski definition) is 2. The zero-order valence-electron chi connectivity index (χ0n) is 9.65. The Labute approximate surface area is 93.8 Å². The van der Waals surface area contributed by atoms with Crippen LogP contribution < -0.4 is 0 Å². The minimum absolute atomic E-state index is 1.02. The third-order valence-corrected chi connectivity index (χ3v) is 2.97. The van der Waals surface area contributed by atoms with Gasteiger partial charge in [-0.05, 0) is 32.9 Å². The van der Waals surface area contributed by atoms with Crippen molar-refractivity contribution in [2.75, 3.05) is 0 Å². The summed E-state index contributed by atoms with van der Waals surface area (Å²) < 4.78 is 2.19. The zero-order valence-corrected chi connectivity index (χ0v) is 9.65. The van der Waals surface area contributed by atoms with Crippen LogP contribution in [0.15, 0.2) is 24.3 Å². The van der Waals surface area contributed by atoms with Gasteiger partial charge in [-0.1, -0.05) is 12.1 Å². The Kier molecular flexibility index (Phi) is 1.78. The molecule has 0 amide bonds. The fraction of sp³-hybridized carbons (Fsp3) is 0.231. The van der Waals surface area contributed by atoms with Crippen LogP contribution in [0.2, 0.25) is 0 Å². The van der Waals surface area contributed by atoms with Crippen molar-refractivity contribution in [3.05, 3.63) is 41.5 Å². The second kappa shape index (κ2) is 3.04. The number of nitrogens with zero attached hydrogens (tertiary/aromatic N) is 3. The van der Waals surface area contributed by atoms with Gasteiger partial charge in [-0.25, -0.2) is 9.97 Å². The molecule has 0 fully saturated rings. The van der Waals surface area contributed by atoms with Crippen LogP contribution in [-0.2, 0) is 0 Å². The van der Waals surface area contributed by atoms with Gasteiger partial charge in [0.25, 0.3) is 0 Å². The van der Waals surface area contributed by atoms with Gasteiger partial charge in [0.05, 0.1) is 27.9 Å². The maximum absolute atomic E-state index is 4.62. The highest BCUT2D eigenvalue weighted by Crippen LogP contribution is 2.21. The molecule has 3 rings (SSSR count). The molecule has 1 aromatic carbocycles. The predicted octanol–water partition coefficient (Wildman–Crippen LogP) is 2.81. The smallest absolute Gasteiger partial charge is 0.111 e. The van der Waals surface area contributed by atoms with E-state index >= 15 is 0 Å². The summed E-state index contributed by atoms with van der Waals surface area (Å²) in [5.74, 6) is 1.02. The minimum atomic E-state index is 1.02. The third-order valence-electron chi connectivity index (χ3n) is 2.97. The number of para-hydroxylation sites is 2. The number of hydrogen-bond donors (Lipinski definition) is 0. The van der Waals surface area contributed by atoms with Gasteiger partial charge in [-0.15, -0.1) is 0 Å². The van der Waals surface area contributed by atoms with E-state index in [2.05, 4.69) is 20.4 Å². The topological polar surface area (TPSA) is 30.2 Å². The van der Waals surface area contributed by atoms with Gasteiger partial charge >= 0.3 is 0 Å². The first-order valence-corrected chi connectivity index (χ1v) is 5.39. The fourth-order valence-electron chi connectivity index (χ4n) is 2.37. The van der Waals surface area contributed by atoms with Crippen molar-refractivity contribution < 1.29 is 0 Å². The summed E-state index contributed by atoms with van der Waals surface area (Å²) in [5.41, 5.74) is 5.37. The van der Waals surface area contributed by atoms with Crippen LogP contribution in [-0.4, -0.2) is 14.4 Å². The van der Waals surface area contributed by atoms with E-state index in [1.807, 2.05) is 39.0 Å². The molecule has 2 heterocycles. The Hall–Kier alpha value is -1.90. The number of rotatable bonds is 0. The summed E-state index contributed by atoms with van der Waals surface area (Å²) in [7, 11) is 0. The Morgan fingerprint density at radius 2 is 1.62 bits per heavy atom. The first kappa shape index (κ1) is 9.33. The van der Waals surface area contributed by atoms with E-state index < -0.39 is 0 Å². The highest BCUT2D eigenvalue weighted by molar-refractivity contribution is 5.80. The van der Waals surface area contributed by atoms with Crippen LogP contribution in [0.25, 0.3) is 16.6 Å². The molecule has 0 aliphatic rings. The molecule has 0 saturated carbocycles. The van der Waals surface area contributed by atoms with E-state index in [9.17, 15) is 0 Å². The average molecular weight is 211 g/mol. The second-order valence-electron chi connectivity index (χ2n) is 4.11. The summed E-state index contributed by atoms with van der Waals surface area (Å²) in [4.78, 5) is 9.14. The number of aryl methyl sites for hydroxylation is 3. The lowest BCUT2D eigenvalue weighted by molar-refractivity contribution is 1.06. The molecule has 0 N–H and O–H groups in total. The third kappa shape index (κ3) is 1.08. The lowest BCUT2D eigenvalue weighted by Crippen LogP contribution is -1.96. The standard InChI is InChI=1S/C13H13N3/c1-8-13-9(2)15-11-6-4-5-7-12(11)16(13)10(3)14-8/h4-7H,1-3H3. The van der Waals surface area contributed by atoms with Gasteiger partial charge in [0.15, 0.2) is 0 Å². The molecule has 0 saturated heterocycles. The van der Waals surface area contributed by atoms with Crippen molar-refractivity contribution >= 4 is 16.6 Å². The van der Waals surface area contributed by atoms with Crippen LogP contribution >= 0.6 is 0 Å². The number of benzene rings is 1. The van der Waals surface area contributed by atoms with Crippen LogP contribution in [0.4, 0.5) is 0 Å². The molecule has 2 aromatic heterocycles. The van der Waals surface area contributed by atoms with Gasteiger partial charge in [-0.2, -0.15) is 0 Å². The summed E-state index contributed by atoms with van der Waals surface area (Å²) in [6.45, 7) is 6.10. The molecule has 0 aliphatic carbocycles. The van der Waals surface area contributed by atoms with Gasteiger partial charge in [0, 0.05) is 0 Å². The zero-order chi connectivity index (χ0) is 11.3. The Balaban J connectivity index is 2.68. The molecule has 0 atom stereocenters. The molecule has 0 spiro atoms. The van der Waals surface area contributed by atoms with E-state index in [1.165, 1.54) is 0 Å². The minimum Gasteiger partial charge on any atom is -0.293 e. The molecule has 3 aromatic rings. The molecule has 0 unspecified atom stereocenters. The lowest BCUT2D eigenvalue weighted by Gasteiger charge is -2.05. The normalized spacial score (nSPS) is 11.4. The number of aromatic nitrogens is 3. The van der Waals surface area contributed by atoms with Crippen molar-refractivity contribution in [2.24, 2.45) is 0 Å². The van der Waals surface area contributed by atoms with Gasteiger partial charge in [0.2, 0.25) is 0 Å². The Morgan fingerprint density at radius 3 is 2.44 bits per heavy atom. The summed E-state index contributed by atoms with van der Waals surface area (Å²) in [6, 6.07) is 8.17. The van der Waals surface area contributed by atoms with E-state index in [0.29, 0.717) is 0 Å². The van der Waals surface area contributed by atoms with E-state index in [0.717, 1.165) is 33.8 Å². The van der Waals surface area contributed by atoms with E-state index in [1.54, 1.807) is 0 Å². The Morgan fingerprint density at radius 1 is 0.938 bits per heavy atom. The SMILES string of the molecule is Cc1nc(C)n2c1c(C)nc1ccccc12. The maximum Gasteiger partial charge on any atom is 0.111 e. The highest BCUT2D eigenvalue weighted by Gasteiger charge is 2.11. The summed E-state index contributed by atoms with van der Waals surface area (Å²) in [5, 5.41) is 0. The first-order chi connectivity index (χ1) is 7.68. The first-order valence-electron chi connectivity index (χ1n) is 5.39. The largest absolute Gasteiger partial charge is 0.293 e. The average Bonchev–Trinajstić information content (AvgIpc) is 2.55. The van der Waals surface area contributed by atoms with Crippen molar-refractivity contribution in [1.29, 1.82) is 0 Å². The van der Waals surface area contributed by atoms with Crippen LogP contribution in [0.1, 0.15) is 17.2 Å². The van der Waals surface area contributed by atoms with Crippen molar-refractivity contribution in [3.8, 4) is 0 Å². The van der Waals surface area contributed by atoms with E-state index in [4.69, 9.17) is 0 Å². The molecular formula is C13H13N3. The van der Waals surface area contributed by atoms with Crippen LogP contribution in [0.5, 0.6) is 0 Å². The van der Waals surface area contributed by atoms with Gasteiger partial charge in [-0.3, -0.25) is 4.40 Å². The summed E-state index contributed by atoms with van der Waals surface area (Å²) >= 11 is 0. The molecule has 0 radical (unpaired) electrons. The Bertz CT molecular complexity index is 695.